The third kappa shape index (κ3) is 4.04. The summed E-state index contributed by atoms with van der Waals surface area (Å²) in [4.78, 5) is 14.0. The molecule has 1 aromatic heterocycles. The summed E-state index contributed by atoms with van der Waals surface area (Å²) in [6.07, 6.45) is 1.61. The van der Waals surface area contributed by atoms with Crippen LogP contribution in [0.4, 0.5) is 0 Å². The third-order valence-electron chi connectivity index (χ3n) is 3.67. The van der Waals surface area contributed by atoms with Gasteiger partial charge in [-0.3, -0.25) is 4.79 Å². The predicted molar refractivity (Wildman–Crippen MR) is 91.7 cm³/mol. The fourth-order valence-electron chi connectivity index (χ4n) is 2.36. The number of carbonyl (C=O) groups is 1. The van der Waals surface area contributed by atoms with E-state index in [4.69, 9.17) is 9.15 Å². The summed E-state index contributed by atoms with van der Waals surface area (Å²) in [6, 6.07) is 20.8. The number of hydrogen-bond acceptors (Lipinski definition) is 3. The molecule has 0 fully saturated rings. The normalized spacial score (nSPS) is 10.4. The summed E-state index contributed by atoms with van der Waals surface area (Å²) < 4.78 is 11.0. The molecule has 0 N–H and O–H groups in total. The molecule has 0 aliphatic carbocycles. The number of para-hydroxylation sites is 1. The van der Waals surface area contributed by atoms with Crippen LogP contribution in [0.3, 0.4) is 0 Å². The number of benzene rings is 2. The van der Waals surface area contributed by atoms with Crippen LogP contribution in [0.25, 0.3) is 0 Å². The molecule has 0 saturated carbocycles. The van der Waals surface area contributed by atoms with Gasteiger partial charge < -0.3 is 14.1 Å². The molecule has 3 rings (SSSR count). The Labute approximate surface area is 141 Å². The molecule has 1 heterocycles. The first-order valence-electron chi connectivity index (χ1n) is 7.77. The zero-order valence-electron chi connectivity index (χ0n) is 13.5. The monoisotopic (exact) mass is 321 g/mol. The van der Waals surface area contributed by atoms with Gasteiger partial charge in [-0.05, 0) is 42.0 Å². The number of ether oxygens (including phenoxy) is 1. The molecule has 0 aliphatic heterocycles. The Morgan fingerprint density at radius 3 is 2.42 bits per heavy atom. The zero-order valence-corrected chi connectivity index (χ0v) is 13.5. The Kier molecular flexibility index (Phi) is 4.96. The average Bonchev–Trinajstić information content (AvgIpc) is 3.13. The quantitative estimate of drug-likeness (QED) is 0.685. The van der Waals surface area contributed by atoms with E-state index in [2.05, 4.69) is 0 Å². The van der Waals surface area contributed by atoms with Crippen molar-refractivity contribution in [3.63, 3.8) is 0 Å². The molecule has 0 spiro atoms. The van der Waals surface area contributed by atoms with Crippen LogP contribution in [-0.2, 0) is 13.2 Å². The Morgan fingerprint density at radius 2 is 1.75 bits per heavy atom. The average molecular weight is 321 g/mol. The van der Waals surface area contributed by atoms with Crippen molar-refractivity contribution < 1.29 is 13.9 Å². The van der Waals surface area contributed by atoms with Crippen molar-refractivity contribution in [1.82, 2.24) is 4.90 Å². The minimum Gasteiger partial charge on any atom is -0.489 e. The standard InChI is InChI=1S/C20H19NO3/c1-21(14-19-8-5-13-23-19)20(22)17-11-9-16(10-12-17)15-24-18-6-3-2-4-7-18/h2-13H,14-15H2,1H3. The first kappa shape index (κ1) is 15.9. The molecule has 0 bridgehead atoms. The zero-order chi connectivity index (χ0) is 16.8. The van der Waals surface area contributed by atoms with Crippen molar-refractivity contribution in [1.29, 1.82) is 0 Å². The second-order valence-electron chi connectivity index (χ2n) is 5.54. The highest BCUT2D eigenvalue weighted by Crippen LogP contribution is 2.14. The topological polar surface area (TPSA) is 42.7 Å². The van der Waals surface area contributed by atoms with Crippen LogP contribution in [0, 0.1) is 0 Å². The van der Waals surface area contributed by atoms with E-state index in [-0.39, 0.29) is 5.91 Å². The molecule has 0 radical (unpaired) electrons. The summed E-state index contributed by atoms with van der Waals surface area (Å²) in [5.74, 6) is 1.55. The van der Waals surface area contributed by atoms with E-state index < -0.39 is 0 Å². The molecule has 24 heavy (non-hydrogen) atoms. The lowest BCUT2D eigenvalue weighted by atomic mass is 10.1. The van der Waals surface area contributed by atoms with Gasteiger partial charge in [0, 0.05) is 12.6 Å². The summed E-state index contributed by atoms with van der Waals surface area (Å²) in [7, 11) is 1.76. The first-order chi connectivity index (χ1) is 11.7. The molecule has 1 amide bonds. The van der Waals surface area contributed by atoms with Crippen LogP contribution in [0.2, 0.25) is 0 Å². The van der Waals surface area contributed by atoms with E-state index in [9.17, 15) is 4.79 Å². The smallest absolute Gasteiger partial charge is 0.254 e. The van der Waals surface area contributed by atoms with E-state index in [0.29, 0.717) is 18.7 Å². The Bertz CT molecular complexity index is 764. The van der Waals surface area contributed by atoms with Gasteiger partial charge in [-0.2, -0.15) is 0 Å². The maximum Gasteiger partial charge on any atom is 0.254 e. The molecule has 0 aliphatic rings. The molecule has 4 heteroatoms. The van der Waals surface area contributed by atoms with Gasteiger partial charge >= 0.3 is 0 Å². The van der Waals surface area contributed by atoms with Gasteiger partial charge in [-0.15, -0.1) is 0 Å². The number of hydrogen-bond donors (Lipinski definition) is 0. The highest BCUT2D eigenvalue weighted by Gasteiger charge is 2.13. The molecule has 0 atom stereocenters. The van der Waals surface area contributed by atoms with Crippen molar-refractivity contribution in [3.8, 4) is 5.75 Å². The maximum absolute atomic E-state index is 12.4. The molecule has 0 unspecified atom stereocenters. The lowest BCUT2D eigenvalue weighted by Gasteiger charge is -2.16. The predicted octanol–water partition coefficient (Wildman–Crippen LogP) is 4.13. The number of rotatable bonds is 6. The lowest BCUT2D eigenvalue weighted by molar-refractivity contribution is 0.0775. The van der Waals surface area contributed by atoms with Crippen LogP contribution in [0.5, 0.6) is 5.75 Å². The second kappa shape index (κ2) is 7.51. The molecular weight excluding hydrogens is 302 g/mol. The van der Waals surface area contributed by atoms with Gasteiger partial charge in [0.15, 0.2) is 0 Å². The van der Waals surface area contributed by atoms with Crippen molar-refractivity contribution in [3.05, 3.63) is 89.9 Å². The maximum atomic E-state index is 12.4. The minimum absolute atomic E-state index is 0.0399. The number of amides is 1. The van der Waals surface area contributed by atoms with Crippen molar-refractivity contribution in [2.45, 2.75) is 13.2 Å². The summed E-state index contributed by atoms with van der Waals surface area (Å²) >= 11 is 0. The van der Waals surface area contributed by atoms with Gasteiger partial charge in [0.25, 0.3) is 5.91 Å². The van der Waals surface area contributed by atoms with Crippen LogP contribution in [0.1, 0.15) is 21.7 Å². The van der Waals surface area contributed by atoms with E-state index >= 15 is 0 Å². The van der Waals surface area contributed by atoms with Crippen LogP contribution in [-0.4, -0.2) is 17.9 Å². The Balaban J connectivity index is 1.58. The van der Waals surface area contributed by atoms with E-state index in [1.807, 2.05) is 66.7 Å². The fourth-order valence-corrected chi connectivity index (χ4v) is 2.36. The van der Waals surface area contributed by atoms with Crippen molar-refractivity contribution >= 4 is 5.91 Å². The number of nitrogens with zero attached hydrogens (tertiary/aromatic N) is 1. The molecule has 122 valence electrons. The Morgan fingerprint density at radius 1 is 1.00 bits per heavy atom. The van der Waals surface area contributed by atoms with Crippen LogP contribution >= 0.6 is 0 Å². The number of furan rings is 1. The van der Waals surface area contributed by atoms with Gasteiger partial charge in [0.05, 0.1) is 12.8 Å². The molecule has 2 aromatic carbocycles. The van der Waals surface area contributed by atoms with Crippen LogP contribution in [0.15, 0.2) is 77.4 Å². The molecule has 4 nitrogen and oxygen atoms in total. The van der Waals surface area contributed by atoms with E-state index in [1.54, 1.807) is 18.2 Å². The largest absolute Gasteiger partial charge is 0.489 e. The number of carbonyl (C=O) groups excluding carboxylic acids is 1. The summed E-state index contributed by atoms with van der Waals surface area (Å²) in [5.41, 5.74) is 1.66. The highest BCUT2D eigenvalue weighted by atomic mass is 16.5. The third-order valence-corrected chi connectivity index (χ3v) is 3.67. The van der Waals surface area contributed by atoms with Crippen LogP contribution < -0.4 is 4.74 Å². The Hall–Kier alpha value is -3.01. The summed E-state index contributed by atoms with van der Waals surface area (Å²) in [5, 5.41) is 0. The highest BCUT2D eigenvalue weighted by molar-refractivity contribution is 5.94. The SMILES string of the molecule is CN(Cc1ccco1)C(=O)c1ccc(COc2ccccc2)cc1. The first-order valence-corrected chi connectivity index (χ1v) is 7.77. The summed E-state index contributed by atoms with van der Waals surface area (Å²) in [6.45, 7) is 0.922. The van der Waals surface area contributed by atoms with Gasteiger partial charge in [-0.1, -0.05) is 30.3 Å². The molecular formula is C20H19NO3. The molecule has 0 saturated heterocycles. The van der Waals surface area contributed by atoms with Crippen molar-refractivity contribution in [2.24, 2.45) is 0 Å². The fraction of sp³-hybridized carbons (Fsp3) is 0.150. The lowest BCUT2D eigenvalue weighted by Crippen LogP contribution is -2.25. The van der Waals surface area contributed by atoms with E-state index in [1.165, 1.54) is 0 Å². The molecule has 3 aromatic rings. The second-order valence-corrected chi connectivity index (χ2v) is 5.54. The van der Waals surface area contributed by atoms with Gasteiger partial charge in [0.1, 0.15) is 18.1 Å². The van der Waals surface area contributed by atoms with Gasteiger partial charge in [-0.25, -0.2) is 0 Å². The van der Waals surface area contributed by atoms with Gasteiger partial charge in [0.2, 0.25) is 0 Å². The van der Waals surface area contributed by atoms with Crippen molar-refractivity contribution in [2.75, 3.05) is 7.05 Å². The minimum atomic E-state index is -0.0399. The van der Waals surface area contributed by atoms with E-state index in [0.717, 1.165) is 17.1 Å².